The summed E-state index contributed by atoms with van der Waals surface area (Å²) in [6, 6.07) is 11.2. The van der Waals surface area contributed by atoms with Crippen molar-refractivity contribution in [2.24, 2.45) is 7.05 Å². The molecule has 3 aromatic rings. The van der Waals surface area contributed by atoms with E-state index in [1.54, 1.807) is 13.0 Å². The van der Waals surface area contributed by atoms with Gasteiger partial charge in [0.05, 0.1) is 4.91 Å². The van der Waals surface area contributed by atoms with E-state index in [0.717, 1.165) is 22.2 Å². The lowest BCUT2D eigenvalue weighted by Crippen LogP contribution is -2.47. The van der Waals surface area contributed by atoms with Crippen LogP contribution in [0.1, 0.15) is 18.2 Å². The second-order valence-corrected chi connectivity index (χ2v) is 8.85. The van der Waals surface area contributed by atoms with E-state index in [0.29, 0.717) is 22.2 Å². The number of hydrogen-bond donors (Lipinski definition) is 2. The first-order chi connectivity index (χ1) is 14.5. The molecule has 0 bridgehead atoms. The van der Waals surface area contributed by atoms with Crippen molar-refractivity contribution in [1.82, 2.24) is 19.8 Å². The number of nitrogens with zero attached hydrogens (tertiary/aromatic N) is 2. The lowest BCUT2D eigenvalue weighted by molar-refractivity contribution is -0.132. The number of carbonyl (C=O) groups excluding carboxylic acids is 2. The normalized spacial score (nSPS) is 16.6. The van der Waals surface area contributed by atoms with Crippen LogP contribution in [0.15, 0.2) is 53.7 Å². The maximum atomic E-state index is 12.9. The molecule has 2 N–H and O–H groups in total. The number of aromatic nitrogens is 2. The molecule has 3 heterocycles. The monoisotopic (exact) mass is 438 g/mol. The van der Waals surface area contributed by atoms with Gasteiger partial charge in [-0.2, -0.15) is 0 Å². The smallest absolute Gasteiger partial charge is 0.266 e. The van der Waals surface area contributed by atoms with E-state index < -0.39 is 6.04 Å². The molecule has 2 aromatic heterocycles. The number of aromatic amines is 1. The highest BCUT2D eigenvalue weighted by molar-refractivity contribution is 8.26. The van der Waals surface area contributed by atoms with E-state index in [1.807, 2.05) is 54.3 Å². The molecule has 1 fully saturated rings. The Bertz CT molecular complexity index is 1160. The Morgan fingerprint density at radius 2 is 2.10 bits per heavy atom. The number of thioether (sulfide) groups is 1. The van der Waals surface area contributed by atoms with Crippen LogP contribution < -0.4 is 5.32 Å². The number of carbonyl (C=O) groups is 2. The number of rotatable bonds is 6. The third-order valence-electron chi connectivity index (χ3n) is 5.22. The van der Waals surface area contributed by atoms with Crippen molar-refractivity contribution in [3.63, 3.8) is 0 Å². The zero-order valence-corrected chi connectivity index (χ0v) is 18.3. The van der Waals surface area contributed by atoms with Crippen molar-refractivity contribution in [1.29, 1.82) is 0 Å². The number of aryl methyl sites for hydroxylation is 1. The van der Waals surface area contributed by atoms with E-state index in [2.05, 4.69) is 16.4 Å². The average molecular weight is 439 g/mol. The number of nitrogens with one attached hydrogen (secondary N) is 2. The zero-order valence-electron chi connectivity index (χ0n) is 16.7. The van der Waals surface area contributed by atoms with Crippen LogP contribution in [0, 0.1) is 0 Å². The minimum atomic E-state index is -0.667. The molecule has 1 saturated heterocycles. The molecule has 1 aliphatic rings. The van der Waals surface area contributed by atoms with E-state index >= 15 is 0 Å². The predicted molar refractivity (Wildman–Crippen MR) is 125 cm³/mol. The first-order valence-electron chi connectivity index (χ1n) is 9.67. The summed E-state index contributed by atoms with van der Waals surface area (Å²) in [6.07, 6.45) is 6.39. The van der Waals surface area contributed by atoms with Crippen LogP contribution in [0.3, 0.4) is 0 Å². The van der Waals surface area contributed by atoms with Gasteiger partial charge in [0.25, 0.3) is 5.91 Å². The van der Waals surface area contributed by atoms with Crippen LogP contribution >= 0.6 is 24.0 Å². The van der Waals surface area contributed by atoms with Crippen LogP contribution in [0.4, 0.5) is 0 Å². The number of hydrogen-bond acceptors (Lipinski definition) is 4. The van der Waals surface area contributed by atoms with Gasteiger partial charge in [0, 0.05) is 42.6 Å². The Morgan fingerprint density at radius 1 is 1.30 bits per heavy atom. The van der Waals surface area contributed by atoms with Crippen LogP contribution in [-0.4, -0.2) is 43.2 Å². The third-order valence-corrected chi connectivity index (χ3v) is 6.55. The van der Waals surface area contributed by atoms with Gasteiger partial charge < -0.3 is 14.9 Å². The van der Waals surface area contributed by atoms with Gasteiger partial charge in [-0.1, -0.05) is 42.2 Å². The summed E-state index contributed by atoms with van der Waals surface area (Å²) in [7, 11) is 1.91. The highest BCUT2D eigenvalue weighted by atomic mass is 32.2. The molecule has 1 aromatic carbocycles. The lowest BCUT2D eigenvalue weighted by atomic mass is 10.1. The van der Waals surface area contributed by atoms with E-state index in [9.17, 15) is 9.59 Å². The predicted octanol–water partition coefficient (Wildman–Crippen LogP) is 3.46. The summed E-state index contributed by atoms with van der Waals surface area (Å²) in [5.74, 6) is -0.447. The Labute approximate surface area is 184 Å². The van der Waals surface area contributed by atoms with Gasteiger partial charge >= 0.3 is 0 Å². The topological polar surface area (TPSA) is 70.1 Å². The lowest BCUT2D eigenvalue weighted by Gasteiger charge is -2.22. The minimum Gasteiger partial charge on any atom is -0.361 e. The van der Waals surface area contributed by atoms with Crippen molar-refractivity contribution in [2.75, 3.05) is 6.54 Å². The maximum Gasteiger partial charge on any atom is 0.266 e. The molecule has 1 aliphatic heterocycles. The molecule has 2 amide bonds. The second-order valence-electron chi connectivity index (χ2n) is 7.17. The average Bonchev–Trinajstić information content (AvgIpc) is 3.40. The molecular weight excluding hydrogens is 416 g/mol. The molecule has 8 heteroatoms. The summed E-state index contributed by atoms with van der Waals surface area (Å²) < 4.78 is 2.33. The Kier molecular flexibility index (Phi) is 5.78. The third kappa shape index (κ3) is 3.93. The first-order valence-corrected chi connectivity index (χ1v) is 10.9. The minimum absolute atomic E-state index is 0.216. The molecular formula is C22H22N4O2S2. The Hall–Kier alpha value is -2.84. The fourth-order valence-electron chi connectivity index (χ4n) is 3.50. The SMILES string of the molecule is CC(C(=O)NCCc1c[nH]c2ccccc12)N1C(=O)C(=Cc2cccn2C)SC1=S. The summed E-state index contributed by atoms with van der Waals surface area (Å²) in [5, 5.41) is 4.09. The van der Waals surface area contributed by atoms with Gasteiger partial charge in [0.1, 0.15) is 10.4 Å². The molecule has 6 nitrogen and oxygen atoms in total. The maximum absolute atomic E-state index is 12.9. The van der Waals surface area contributed by atoms with Crippen LogP contribution in [0.25, 0.3) is 17.0 Å². The van der Waals surface area contributed by atoms with Gasteiger partial charge in [-0.3, -0.25) is 14.5 Å². The largest absolute Gasteiger partial charge is 0.361 e. The van der Waals surface area contributed by atoms with Gasteiger partial charge in [0.15, 0.2) is 0 Å². The quantitative estimate of drug-likeness (QED) is 0.457. The summed E-state index contributed by atoms with van der Waals surface area (Å²) in [5.41, 5.74) is 3.13. The fourth-order valence-corrected chi connectivity index (χ4v) is 4.90. The van der Waals surface area contributed by atoms with Crippen LogP contribution in [0.5, 0.6) is 0 Å². The van der Waals surface area contributed by atoms with Crippen molar-refractivity contribution >= 4 is 57.1 Å². The van der Waals surface area contributed by atoms with Gasteiger partial charge in [0.2, 0.25) is 5.91 Å². The summed E-state index contributed by atoms with van der Waals surface area (Å²) in [4.78, 5) is 30.7. The van der Waals surface area contributed by atoms with Crippen LogP contribution in [0.2, 0.25) is 0 Å². The van der Waals surface area contributed by atoms with E-state index in [1.165, 1.54) is 16.7 Å². The first kappa shape index (κ1) is 20.4. The van der Waals surface area contributed by atoms with Crippen LogP contribution in [-0.2, 0) is 23.1 Å². The van der Waals surface area contributed by atoms with Crippen molar-refractivity contribution in [3.8, 4) is 0 Å². The van der Waals surface area contributed by atoms with Gasteiger partial charge in [-0.05, 0) is 43.2 Å². The van der Waals surface area contributed by atoms with Crippen molar-refractivity contribution in [2.45, 2.75) is 19.4 Å². The molecule has 0 aliphatic carbocycles. The van der Waals surface area contributed by atoms with E-state index in [4.69, 9.17) is 12.2 Å². The number of para-hydroxylation sites is 1. The molecule has 0 radical (unpaired) electrons. The molecule has 30 heavy (non-hydrogen) atoms. The standard InChI is InChI=1S/C22H22N4O2S2/c1-14(20(27)23-10-9-15-13-24-18-8-4-3-7-17(15)18)26-21(28)19(30-22(26)29)12-16-6-5-11-25(16)2/h3-8,11-14,24H,9-10H2,1-2H3,(H,23,27). The Balaban J connectivity index is 1.38. The number of benzene rings is 1. The van der Waals surface area contributed by atoms with Crippen molar-refractivity contribution < 1.29 is 9.59 Å². The highest BCUT2D eigenvalue weighted by Gasteiger charge is 2.38. The molecule has 4 rings (SSSR count). The second kappa shape index (κ2) is 8.49. The van der Waals surface area contributed by atoms with Gasteiger partial charge in [-0.15, -0.1) is 0 Å². The highest BCUT2D eigenvalue weighted by Crippen LogP contribution is 2.34. The molecule has 1 atom stereocenters. The van der Waals surface area contributed by atoms with E-state index in [-0.39, 0.29) is 11.8 Å². The number of thiocarbonyl (C=S) groups is 1. The number of amides is 2. The summed E-state index contributed by atoms with van der Waals surface area (Å²) in [6.45, 7) is 2.19. The molecule has 154 valence electrons. The summed E-state index contributed by atoms with van der Waals surface area (Å²) >= 11 is 6.61. The molecule has 0 saturated carbocycles. The fraction of sp³-hybridized carbons (Fsp3) is 0.227. The van der Waals surface area contributed by atoms with Gasteiger partial charge in [-0.25, -0.2) is 0 Å². The molecule has 0 spiro atoms. The van der Waals surface area contributed by atoms with Crippen molar-refractivity contribution in [3.05, 3.63) is 65.0 Å². The zero-order chi connectivity index (χ0) is 21.3. The molecule has 1 unspecified atom stereocenters. The number of fused-ring (bicyclic) bond motifs is 1. The number of H-pyrrole nitrogens is 1. The Morgan fingerprint density at radius 3 is 2.87 bits per heavy atom.